The molecule has 2 aliphatic heterocycles. The lowest BCUT2D eigenvalue weighted by Gasteiger charge is -2.39. The number of ether oxygens (including phenoxy) is 2. The Labute approximate surface area is 159 Å². The minimum atomic E-state index is -0.571. The van der Waals surface area contributed by atoms with E-state index in [1.165, 1.54) is 0 Å². The van der Waals surface area contributed by atoms with Gasteiger partial charge in [-0.2, -0.15) is 0 Å². The van der Waals surface area contributed by atoms with Gasteiger partial charge in [0.2, 0.25) is 5.91 Å². The van der Waals surface area contributed by atoms with Gasteiger partial charge in [-0.3, -0.25) is 4.79 Å². The molecule has 1 saturated heterocycles. The molecule has 1 fully saturated rings. The van der Waals surface area contributed by atoms with Gasteiger partial charge in [0.05, 0.1) is 12.6 Å². The second-order valence-corrected chi connectivity index (χ2v) is 8.14. The van der Waals surface area contributed by atoms with Gasteiger partial charge in [-0.1, -0.05) is 6.07 Å². The number of aliphatic hydroxyl groups excluding tert-OH is 1. The molecule has 148 valence electrons. The smallest absolute Gasteiger partial charge is 0.410 e. The van der Waals surface area contributed by atoms with Crippen LogP contribution in [0.3, 0.4) is 0 Å². The molecule has 0 saturated carbocycles. The Balaban J connectivity index is 1.62. The minimum absolute atomic E-state index is 0.0191. The van der Waals surface area contributed by atoms with Crippen LogP contribution in [0.15, 0.2) is 18.2 Å². The second kappa shape index (κ2) is 7.76. The van der Waals surface area contributed by atoms with E-state index in [2.05, 4.69) is 5.32 Å². The highest BCUT2D eigenvalue weighted by Gasteiger charge is 2.34. The van der Waals surface area contributed by atoms with E-state index >= 15 is 0 Å². The number of piperidine rings is 1. The molecular weight excluding hydrogens is 348 g/mol. The van der Waals surface area contributed by atoms with Gasteiger partial charge in [-0.05, 0) is 38.8 Å². The van der Waals surface area contributed by atoms with E-state index in [9.17, 15) is 14.7 Å². The van der Waals surface area contributed by atoms with Crippen LogP contribution in [0.2, 0.25) is 0 Å². The summed E-state index contributed by atoms with van der Waals surface area (Å²) in [5, 5.41) is 12.6. The summed E-state index contributed by atoms with van der Waals surface area (Å²) >= 11 is 0. The maximum atomic E-state index is 12.4. The molecule has 7 heteroatoms. The van der Waals surface area contributed by atoms with E-state index in [-0.39, 0.29) is 24.7 Å². The van der Waals surface area contributed by atoms with Crippen LogP contribution in [0.25, 0.3) is 0 Å². The van der Waals surface area contributed by atoms with Crippen molar-refractivity contribution in [1.82, 2.24) is 4.90 Å². The zero-order valence-electron chi connectivity index (χ0n) is 16.2. The molecule has 1 aromatic carbocycles. The molecular formula is C20H28N2O5. The van der Waals surface area contributed by atoms with Gasteiger partial charge in [-0.25, -0.2) is 4.79 Å². The first-order valence-corrected chi connectivity index (χ1v) is 9.45. The van der Waals surface area contributed by atoms with Crippen molar-refractivity contribution >= 4 is 17.7 Å². The molecule has 1 aromatic rings. The van der Waals surface area contributed by atoms with Gasteiger partial charge in [0.25, 0.3) is 0 Å². The van der Waals surface area contributed by atoms with E-state index in [0.717, 1.165) is 17.7 Å². The lowest BCUT2D eigenvalue weighted by atomic mass is 10.00. The molecule has 7 nitrogen and oxygen atoms in total. The average Bonchev–Trinajstić information content (AvgIpc) is 2.59. The number of aryl methyl sites for hydroxylation is 1. The predicted molar refractivity (Wildman–Crippen MR) is 101 cm³/mol. The number of rotatable bonds is 3. The van der Waals surface area contributed by atoms with Crippen molar-refractivity contribution < 1.29 is 24.2 Å². The van der Waals surface area contributed by atoms with Crippen LogP contribution in [0.5, 0.6) is 5.75 Å². The maximum absolute atomic E-state index is 12.4. The number of nitrogens with one attached hydrogen (secondary N) is 1. The van der Waals surface area contributed by atoms with Gasteiger partial charge in [0.1, 0.15) is 17.5 Å². The summed E-state index contributed by atoms with van der Waals surface area (Å²) in [6.07, 6.45) is 1.91. The molecule has 2 heterocycles. The first kappa shape index (κ1) is 19.5. The third-order valence-electron chi connectivity index (χ3n) is 4.79. The van der Waals surface area contributed by atoms with Gasteiger partial charge in [-0.15, -0.1) is 0 Å². The van der Waals surface area contributed by atoms with Crippen LogP contribution < -0.4 is 10.1 Å². The molecule has 2 atom stereocenters. The Kier molecular flexibility index (Phi) is 5.60. The summed E-state index contributed by atoms with van der Waals surface area (Å²) in [6.45, 7) is 5.79. The number of anilines is 1. The first-order valence-electron chi connectivity index (χ1n) is 9.45. The highest BCUT2D eigenvalue weighted by molar-refractivity contribution is 5.94. The number of carbonyl (C=O) groups excluding carboxylic acids is 2. The number of nitrogens with zero attached hydrogens (tertiary/aromatic N) is 1. The lowest BCUT2D eigenvalue weighted by Crippen LogP contribution is -2.51. The summed E-state index contributed by atoms with van der Waals surface area (Å²) in [6, 6.07) is 5.39. The maximum Gasteiger partial charge on any atom is 0.410 e. The average molecular weight is 376 g/mol. The summed E-state index contributed by atoms with van der Waals surface area (Å²) in [7, 11) is 0. The Morgan fingerprint density at radius 2 is 2.11 bits per heavy atom. The molecule has 2 N–H and O–H groups in total. The molecule has 0 radical (unpaired) electrons. The van der Waals surface area contributed by atoms with Gasteiger partial charge in [0.15, 0.2) is 0 Å². The lowest BCUT2D eigenvalue weighted by molar-refractivity contribution is -0.116. The Bertz CT molecular complexity index is 713. The SMILES string of the molecule is CC(C)(C)OC(=O)N1CC[C@@H](Oc2ccc3c(c2)NC(=O)CC3)C[C@@H]1CO. The summed E-state index contributed by atoms with van der Waals surface area (Å²) < 4.78 is 11.5. The number of hydrogen-bond donors (Lipinski definition) is 2. The number of likely N-dealkylation sites (tertiary alicyclic amines) is 1. The Morgan fingerprint density at radius 1 is 1.33 bits per heavy atom. The number of hydrogen-bond acceptors (Lipinski definition) is 5. The van der Waals surface area contributed by atoms with Gasteiger partial charge in [0, 0.05) is 37.6 Å². The van der Waals surface area contributed by atoms with Crippen LogP contribution in [-0.2, 0) is 16.0 Å². The molecule has 2 amide bonds. The van der Waals surface area contributed by atoms with Gasteiger partial charge < -0.3 is 24.8 Å². The summed E-state index contributed by atoms with van der Waals surface area (Å²) in [5.74, 6) is 0.703. The Morgan fingerprint density at radius 3 is 2.81 bits per heavy atom. The molecule has 0 bridgehead atoms. The highest BCUT2D eigenvalue weighted by atomic mass is 16.6. The van der Waals surface area contributed by atoms with Crippen molar-refractivity contribution in [3.8, 4) is 5.75 Å². The van der Waals surface area contributed by atoms with Crippen molar-refractivity contribution in [3.05, 3.63) is 23.8 Å². The number of carbonyl (C=O) groups is 2. The molecule has 3 rings (SSSR count). The summed E-state index contributed by atoms with van der Waals surface area (Å²) in [4.78, 5) is 25.5. The van der Waals surface area contributed by atoms with E-state index in [4.69, 9.17) is 9.47 Å². The Hall–Kier alpha value is -2.28. The number of benzene rings is 1. The van der Waals surface area contributed by atoms with Crippen molar-refractivity contribution in [3.63, 3.8) is 0 Å². The monoisotopic (exact) mass is 376 g/mol. The molecule has 0 unspecified atom stereocenters. The topological polar surface area (TPSA) is 88.1 Å². The predicted octanol–water partition coefficient (Wildman–Crippen LogP) is 2.71. The van der Waals surface area contributed by atoms with Crippen LogP contribution >= 0.6 is 0 Å². The van der Waals surface area contributed by atoms with Crippen LogP contribution in [0.4, 0.5) is 10.5 Å². The molecule has 2 aliphatic rings. The first-order chi connectivity index (χ1) is 12.7. The van der Waals surface area contributed by atoms with Gasteiger partial charge >= 0.3 is 6.09 Å². The van der Waals surface area contributed by atoms with Crippen molar-refractivity contribution in [2.45, 2.75) is 64.2 Å². The van der Waals surface area contributed by atoms with E-state index in [0.29, 0.717) is 31.6 Å². The van der Waals surface area contributed by atoms with E-state index < -0.39 is 11.7 Å². The standard InChI is InChI=1S/C20H28N2O5/c1-20(2,3)27-19(25)22-9-8-16(10-14(22)12-23)26-15-6-4-13-5-7-18(24)21-17(13)11-15/h4,6,11,14,16,23H,5,7-10,12H2,1-3H3,(H,21,24)/t14-,16-/m1/s1. The quantitative estimate of drug-likeness (QED) is 0.847. The molecule has 0 aliphatic carbocycles. The largest absolute Gasteiger partial charge is 0.490 e. The fourth-order valence-corrected chi connectivity index (χ4v) is 3.47. The zero-order valence-corrected chi connectivity index (χ0v) is 16.2. The third-order valence-corrected chi connectivity index (χ3v) is 4.79. The molecule has 27 heavy (non-hydrogen) atoms. The van der Waals surface area contributed by atoms with Crippen molar-refractivity contribution in [1.29, 1.82) is 0 Å². The minimum Gasteiger partial charge on any atom is -0.490 e. The number of amides is 2. The molecule has 0 aromatic heterocycles. The summed E-state index contributed by atoms with van der Waals surface area (Å²) in [5.41, 5.74) is 1.33. The van der Waals surface area contributed by atoms with Crippen LogP contribution in [0, 0.1) is 0 Å². The third kappa shape index (κ3) is 4.91. The van der Waals surface area contributed by atoms with Crippen molar-refractivity contribution in [2.75, 3.05) is 18.5 Å². The number of fused-ring (bicyclic) bond motifs is 1. The van der Waals surface area contributed by atoms with E-state index in [1.54, 1.807) is 4.90 Å². The fourth-order valence-electron chi connectivity index (χ4n) is 3.47. The highest BCUT2D eigenvalue weighted by Crippen LogP contribution is 2.30. The van der Waals surface area contributed by atoms with Crippen molar-refractivity contribution in [2.24, 2.45) is 0 Å². The fraction of sp³-hybridized carbons (Fsp3) is 0.600. The normalized spacial score (nSPS) is 22.7. The van der Waals surface area contributed by atoms with Crippen LogP contribution in [0.1, 0.15) is 45.6 Å². The van der Waals surface area contributed by atoms with E-state index in [1.807, 2.05) is 39.0 Å². The van der Waals surface area contributed by atoms with Crippen LogP contribution in [-0.4, -0.2) is 52.9 Å². The molecule has 0 spiro atoms. The number of aliphatic hydroxyl groups is 1. The second-order valence-electron chi connectivity index (χ2n) is 8.14. The zero-order chi connectivity index (χ0) is 19.6.